The summed E-state index contributed by atoms with van der Waals surface area (Å²) in [5.74, 6) is -2.30. The number of benzene rings is 3. The molecule has 4 aromatic rings. The average molecular weight is 478 g/mol. The molecular weight excluding hydrogens is 452 g/mol. The SMILES string of the molecule is CNC(=O)C(NC(=O)CCc1c(-c2ccc(OC)cc2)[nH]c2ccccc12)c1ccc(F)c(F)c1. The molecule has 0 radical (unpaired) electrons. The number of hydrogen-bond acceptors (Lipinski definition) is 3. The van der Waals surface area contributed by atoms with Crippen LogP contribution < -0.4 is 15.4 Å². The number of carbonyl (C=O) groups excluding carboxylic acids is 2. The van der Waals surface area contributed by atoms with Crippen molar-refractivity contribution in [2.24, 2.45) is 0 Å². The summed E-state index contributed by atoms with van der Waals surface area (Å²) in [6.07, 6.45) is 0.484. The van der Waals surface area contributed by atoms with Gasteiger partial charge in [0, 0.05) is 30.1 Å². The Bertz CT molecular complexity index is 1370. The van der Waals surface area contributed by atoms with Gasteiger partial charge in [0.05, 0.1) is 7.11 Å². The number of aryl methyl sites for hydroxylation is 1. The van der Waals surface area contributed by atoms with Gasteiger partial charge in [-0.3, -0.25) is 9.59 Å². The first kappa shape index (κ1) is 23.9. The van der Waals surface area contributed by atoms with Crippen LogP contribution in [0.15, 0.2) is 66.7 Å². The van der Waals surface area contributed by atoms with E-state index < -0.39 is 29.5 Å². The van der Waals surface area contributed by atoms with Crippen LogP contribution in [0.2, 0.25) is 0 Å². The van der Waals surface area contributed by atoms with Crippen molar-refractivity contribution in [1.82, 2.24) is 15.6 Å². The molecule has 1 aromatic heterocycles. The van der Waals surface area contributed by atoms with Gasteiger partial charge in [0.15, 0.2) is 11.6 Å². The Morgan fingerprint density at radius 3 is 2.43 bits per heavy atom. The number of hydrogen-bond donors (Lipinski definition) is 3. The lowest BCUT2D eigenvalue weighted by atomic mass is 10.0. The number of rotatable bonds is 8. The Morgan fingerprint density at radius 2 is 1.74 bits per heavy atom. The number of methoxy groups -OCH3 is 1. The normalized spacial score (nSPS) is 11.8. The zero-order chi connectivity index (χ0) is 24.9. The highest BCUT2D eigenvalue weighted by Gasteiger charge is 2.23. The van der Waals surface area contributed by atoms with E-state index in [0.717, 1.165) is 45.6 Å². The van der Waals surface area contributed by atoms with E-state index in [1.807, 2.05) is 48.5 Å². The number of carbonyl (C=O) groups is 2. The standard InChI is InChI=1S/C27H25F2N3O3/c1-30-27(34)26(17-9-13-21(28)22(29)15-17)32-24(33)14-12-20-19-5-3-4-6-23(19)31-25(20)16-7-10-18(35-2)11-8-16/h3-11,13,15,26,31H,12,14H2,1-2H3,(H,30,34)(H,32,33). The lowest BCUT2D eigenvalue weighted by molar-refractivity contribution is -0.128. The smallest absolute Gasteiger partial charge is 0.246 e. The topological polar surface area (TPSA) is 83.2 Å². The Balaban J connectivity index is 1.57. The summed E-state index contributed by atoms with van der Waals surface area (Å²) in [5.41, 5.74) is 3.90. The fourth-order valence-electron chi connectivity index (χ4n) is 4.07. The third-order valence-electron chi connectivity index (χ3n) is 5.89. The van der Waals surface area contributed by atoms with Crippen LogP contribution in [0.5, 0.6) is 5.75 Å². The van der Waals surface area contributed by atoms with Crippen molar-refractivity contribution in [3.8, 4) is 17.0 Å². The molecule has 0 aliphatic heterocycles. The zero-order valence-electron chi connectivity index (χ0n) is 19.3. The van der Waals surface area contributed by atoms with Gasteiger partial charge >= 0.3 is 0 Å². The van der Waals surface area contributed by atoms with Crippen molar-refractivity contribution in [3.63, 3.8) is 0 Å². The van der Waals surface area contributed by atoms with Crippen LogP contribution in [0.1, 0.15) is 23.6 Å². The summed E-state index contributed by atoms with van der Waals surface area (Å²) >= 11 is 0. The van der Waals surface area contributed by atoms with Crippen LogP contribution in [0.3, 0.4) is 0 Å². The number of H-pyrrole nitrogens is 1. The second kappa shape index (κ2) is 10.4. The molecule has 0 fully saturated rings. The molecule has 0 bridgehead atoms. The quantitative estimate of drug-likeness (QED) is 0.345. The number of halogens is 2. The van der Waals surface area contributed by atoms with E-state index in [0.29, 0.717) is 6.42 Å². The largest absolute Gasteiger partial charge is 0.497 e. The highest BCUT2D eigenvalue weighted by atomic mass is 19.2. The number of aromatic nitrogens is 1. The Labute approximate surface area is 201 Å². The van der Waals surface area contributed by atoms with Crippen molar-refractivity contribution in [1.29, 1.82) is 0 Å². The molecule has 0 aliphatic rings. The zero-order valence-corrected chi connectivity index (χ0v) is 19.3. The van der Waals surface area contributed by atoms with Crippen LogP contribution in [0.25, 0.3) is 22.2 Å². The molecule has 180 valence electrons. The monoisotopic (exact) mass is 477 g/mol. The van der Waals surface area contributed by atoms with Gasteiger partial charge in [0.2, 0.25) is 11.8 Å². The summed E-state index contributed by atoms with van der Waals surface area (Å²) in [6, 6.07) is 17.4. The van der Waals surface area contributed by atoms with Crippen LogP contribution in [-0.2, 0) is 16.0 Å². The average Bonchev–Trinajstić information content (AvgIpc) is 3.26. The Kier molecular flexibility index (Phi) is 7.10. The van der Waals surface area contributed by atoms with Crippen molar-refractivity contribution in [3.05, 3.63) is 89.5 Å². The lowest BCUT2D eigenvalue weighted by Crippen LogP contribution is -2.39. The number of amides is 2. The van der Waals surface area contributed by atoms with E-state index >= 15 is 0 Å². The Morgan fingerprint density at radius 1 is 1.00 bits per heavy atom. The van der Waals surface area contributed by atoms with Gasteiger partial charge in [0.25, 0.3) is 0 Å². The van der Waals surface area contributed by atoms with Gasteiger partial charge in [0.1, 0.15) is 11.8 Å². The summed E-state index contributed by atoms with van der Waals surface area (Å²) < 4.78 is 32.4. The highest BCUT2D eigenvalue weighted by Crippen LogP contribution is 2.32. The van der Waals surface area contributed by atoms with E-state index in [2.05, 4.69) is 15.6 Å². The molecule has 8 heteroatoms. The molecule has 4 rings (SSSR count). The van der Waals surface area contributed by atoms with Gasteiger partial charge in [-0.15, -0.1) is 0 Å². The molecule has 1 unspecified atom stereocenters. The first-order chi connectivity index (χ1) is 16.9. The second-order valence-electron chi connectivity index (χ2n) is 8.04. The predicted octanol–water partition coefficient (Wildman–Crippen LogP) is 4.66. The maximum Gasteiger partial charge on any atom is 0.246 e. The summed E-state index contributed by atoms with van der Waals surface area (Å²) in [4.78, 5) is 28.7. The molecule has 35 heavy (non-hydrogen) atoms. The van der Waals surface area contributed by atoms with Gasteiger partial charge in [-0.05, 0) is 65.6 Å². The van der Waals surface area contributed by atoms with Crippen molar-refractivity contribution >= 4 is 22.7 Å². The van der Waals surface area contributed by atoms with E-state index in [-0.39, 0.29) is 12.0 Å². The molecule has 2 amide bonds. The molecule has 0 spiro atoms. The third-order valence-corrected chi connectivity index (χ3v) is 5.89. The minimum absolute atomic E-state index is 0.0855. The summed E-state index contributed by atoms with van der Waals surface area (Å²) in [7, 11) is 3.02. The molecule has 0 saturated heterocycles. The number of nitrogens with one attached hydrogen (secondary N) is 3. The van der Waals surface area contributed by atoms with Gasteiger partial charge in [-0.1, -0.05) is 24.3 Å². The molecule has 0 aliphatic carbocycles. The fourth-order valence-corrected chi connectivity index (χ4v) is 4.07. The van der Waals surface area contributed by atoms with Crippen molar-refractivity contribution in [2.45, 2.75) is 18.9 Å². The number of ether oxygens (including phenoxy) is 1. The van der Waals surface area contributed by atoms with E-state index in [1.54, 1.807) is 7.11 Å². The van der Waals surface area contributed by atoms with Gasteiger partial charge in [-0.2, -0.15) is 0 Å². The minimum Gasteiger partial charge on any atom is -0.497 e. The molecule has 1 heterocycles. The second-order valence-corrected chi connectivity index (χ2v) is 8.04. The van der Waals surface area contributed by atoms with Gasteiger partial charge in [-0.25, -0.2) is 8.78 Å². The predicted molar refractivity (Wildman–Crippen MR) is 130 cm³/mol. The summed E-state index contributed by atoms with van der Waals surface area (Å²) in [5, 5.41) is 6.10. The van der Waals surface area contributed by atoms with Crippen LogP contribution >= 0.6 is 0 Å². The van der Waals surface area contributed by atoms with Crippen LogP contribution in [0.4, 0.5) is 8.78 Å². The van der Waals surface area contributed by atoms with E-state index in [9.17, 15) is 18.4 Å². The van der Waals surface area contributed by atoms with E-state index in [4.69, 9.17) is 4.74 Å². The number of likely N-dealkylation sites (N-methyl/N-ethyl adjacent to an activating group) is 1. The third kappa shape index (κ3) is 5.16. The van der Waals surface area contributed by atoms with Crippen molar-refractivity contribution in [2.75, 3.05) is 14.2 Å². The van der Waals surface area contributed by atoms with Crippen LogP contribution in [0, 0.1) is 11.6 Å². The number of fused-ring (bicyclic) bond motifs is 1. The van der Waals surface area contributed by atoms with Gasteiger partial charge < -0.3 is 20.4 Å². The first-order valence-corrected chi connectivity index (χ1v) is 11.1. The fraction of sp³-hybridized carbons (Fsp3) is 0.185. The maximum atomic E-state index is 13.7. The van der Waals surface area contributed by atoms with Crippen molar-refractivity contribution < 1.29 is 23.1 Å². The minimum atomic E-state index is -1.15. The van der Waals surface area contributed by atoms with Crippen LogP contribution in [-0.4, -0.2) is 31.0 Å². The number of aromatic amines is 1. The lowest BCUT2D eigenvalue weighted by Gasteiger charge is -2.18. The molecule has 0 saturated carbocycles. The Hall–Kier alpha value is -4.20. The number of para-hydroxylation sites is 1. The molecule has 1 atom stereocenters. The molecule has 3 aromatic carbocycles. The first-order valence-electron chi connectivity index (χ1n) is 11.1. The molecule has 6 nitrogen and oxygen atoms in total. The highest BCUT2D eigenvalue weighted by molar-refractivity contribution is 5.92. The summed E-state index contributed by atoms with van der Waals surface area (Å²) in [6.45, 7) is 0. The molecular formula is C27H25F2N3O3. The van der Waals surface area contributed by atoms with E-state index in [1.165, 1.54) is 13.1 Å². The maximum absolute atomic E-state index is 13.7. The molecule has 3 N–H and O–H groups in total.